The summed E-state index contributed by atoms with van der Waals surface area (Å²) >= 11 is 1.54. The maximum absolute atomic E-state index is 13.2. The van der Waals surface area contributed by atoms with Crippen LogP contribution in [0.25, 0.3) is 10.2 Å². The fourth-order valence-electron chi connectivity index (χ4n) is 5.00. The van der Waals surface area contributed by atoms with E-state index in [0.29, 0.717) is 5.69 Å². The molecule has 2 bridgehead atoms. The molecular formula is C18H18N2O3S. The van der Waals surface area contributed by atoms with Gasteiger partial charge in [-0.2, -0.15) is 0 Å². The third-order valence-corrected chi connectivity index (χ3v) is 7.13. The van der Waals surface area contributed by atoms with Crippen molar-refractivity contribution in [2.45, 2.75) is 44.8 Å². The predicted molar refractivity (Wildman–Crippen MR) is 91.0 cm³/mol. The summed E-state index contributed by atoms with van der Waals surface area (Å²) in [5.74, 6) is -0.939. The van der Waals surface area contributed by atoms with Crippen LogP contribution in [0.1, 0.15) is 32.3 Å². The standard InChI is InChI=1S/C18H18N2O3S/c1-9-11(5-4-10-14(9)24-8-19-10)20-15(21)12-13(16(20)22)18(3)7-6-17(12,2)23-18/h4-5,8,12-13H,6-7H2,1-3H3/t12-,13+,17?,18?. The topological polar surface area (TPSA) is 59.5 Å². The highest BCUT2D eigenvalue weighted by molar-refractivity contribution is 7.17. The number of fused-ring (bicyclic) bond motifs is 6. The van der Waals surface area contributed by atoms with Crippen LogP contribution in [0.4, 0.5) is 5.69 Å². The van der Waals surface area contributed by atoms with Gasteiger partial charge < -0.3 is 4.74 Å². The van der Waals surface area contributed by atoms with Gasteiger partial charge in [-0.15, -0.1) is 11.3 Å². The molecule has 24 heavy (non-hydrogen) atoms. The highest BCUT2D eigenvalue weighted by Crippen LogP contribution is 2.61. The lowest BCUT2D eigenvalue weighted by Gasteiger charge is -2.27. The van der Waals surface area contributed by atoms with Crippen molar-refractivity contribution in [3.63, 3.8) is 0 Å². The van der Waals surface area contributed by atoms with Crippen LogP contribution in [-0.2, 0) is 14.3 Å². The summed E-state index contributed by atoms with van der Waals surface area (Å²) in [4.78, 5) is 32.1. The number of aryl methyl sites for hydroxylation is 1. The van der Waals surface area contributed by atoms with Gasteiger partial charge in [0.1, 0.15) is 0 Å². The monoisotopic (exact) mass is 342 g/mol. The van der Waals surface area contributed by atoms with Gasteiger partial charge in [0.15, 0.2) is 0 Å². The molecule has 3 saturated heterocycles. The number of amides is 2. The van der Waals surface area contributed by atoms with Crippen LogP contribution in [0, 0.1) is 18.8 Å². The number of carbonyl (C=O) groups excluding carboxylic acids is 2. The second kappa shape index (κ2) is 4.24. The van der Waals surface area contributed by atoms with E-state index in [2.05, 4.69) is 4.98 Å². The van der Waals surface area contributed by atoms with E-state index in [-0.39, 0.29) is 23.7 Å². The van der Waals surface area contributed by atoms with E-state index in [1.165, 1.54) is 16.2 Å². The van der Waals surface area contributed by atoms with E-state index in [4.69, 9.17) is 4.74 Å². The van der Waals surface area contributed by atoms with Crippen molar-refractivity contribution in [1.29, 1.82) is 0 Å². The molecule has 6 heteroatoms. The summed E-state index contributed by atoms with van der Waals surface area (Å²) in [7, 11) is 0. The zero-order valence-corrected chi connectivity index (χ0v) is 14.6. The van der Waals surface area contributed by atoms with Crippen molar-refractivity contribution in [2.24, 2.45) is 11.8 Å². The second-order valence-corrected chi connectivity index (χ2v) is 8.46. The first-order valence-corrected chi connectivity index (χ1v) is 9.14. The Bertz CT molecular complexity index is 888. The molecule has 2 aromatic rings. The molecule has 2 amide bonds. The van der Waals surface area contributed by atoms with Gasteiger partial charge in [-0.05, 0) is 51.3 Å². The molecule has 5 rings (SSSR count). The molecular weight excluding hydrogens is 324 g/mol. The molecule has 2 unspecified atom stereocenters. The summed E-state index contributed by atoms with van der Waals surface area (Å²) < 4.78 is 7.18. The number of hydrogen-bond acceptors (Lipinski definition) is 5. The first-order valence-electron chi connectivity index (χ1n) is 8.26. The fraction of sp³-hybridized carbons (Fsp3) is 0.500. The Morgan fingerprint density at radius 3 is 2.42 bits per heavy atom. The zero-order valence-electron chi connectivity index (χ0n) is 13.8. The Balaban J connectivity index is 1.66. The Morgan fingerprint density at radius 2 is 1.79 bits per heavy atom. The van der Waals surface area contributed by atoms with Crippen molar-refractivity contribution in [2.75, 3.05) is 4.90 Å². The summed E-state index contributed by atoms with van der Waals surface area (Å²) in [5, 5.41) is 0. The lowest BCUT2D eigenvalue weighted by Crippen LogP contribution is -2.40. The van der Waals surface area contributed by atoms with Crippen molar-refractivity contribution in [3.8, 4) is 0 Å². The SMILES string of the molecule is Cc1c(N2C(=O)[C@@H]3[C@H](C2=O)C2(C)CCC3(C)O2)ccc2ncsc12. The molecule has 4 heterocycles. The minimum absolute atomic E-state index is 0.108. The smallest absolute Gasteiger partial charge is 0.240 e. The number of nitrogens with zero attached hydrogens (tertiary/aromatic N) is 2. The van der Waals surface area contributed by atoms with Gasteiger partial charge >= 0.3 is 0 Å². The van der Waals surface area contributed by atoms with Crippen LogP contribution in [0.3, 0.4) is 0 Å². The molecule has 0 radical (unpaired) electrons. The van der Waals surface area contributed by atoms with E-state index in [1.54, 1.807) is 5.51 Å². The molecule has 3 aliphatic heterocycles. The van der Waals surface area contributed by atoms with Crippen molar-refractivity contribution < 1.29 is 14.3 Å². The summed E-state index contributed by atoms with van der Waals surface area (Å²) in [6.07, 6.45) is 1.68. The highest BCUT2D eigenvalue weighted by Gasteiger charge is 2.72. The molecule has 0 N–H and O–H groups in total. The number of thiazole rings is 1. The van der Waals surface area contributed by atoms with E-state index in [1.807, 2.05) is 32.9 Å². The van der Waals surface area contributed by atoms with Gasteiger partial charge in [0, 0.05) is 0 Å². The zero-order chi connectivity index (χ0) is 16.9. The number of carbonyl (C=O) groups is 2. The number of aromatic nitrogens is 1. The third kappa shape index (κ3) is 1.51. The van der Waals surface area contributed by atoms with E-state index >= 15 is 0 Å². The summed E-state index contributed by atoms with van der Waals surface area (Å²) in [6.45, 7) is 5.92. The third-order valence-electron chi connectivity index (χ3n) is 6.17. The molecule has 0 saturated carbocycles. The molecule has 0 aliphatic carbocycles. The Kier molecular flexibility index (Phi) is 2.57. The van der Waals surface area contributed by atoms with Crippen LogP contribution in [0.2, 0.25) is 0 Å². The first-order chi connectivity index (χ1) is 11.4. The molecule has 3 aliphatic rings. The van der Waals surface area contributed by atoms with E-state index in [9.17, 15) is 9.59 Å². The van der Waals surface area contributed by atoms with Gasteiger partial charge in [0.25, 0.3) is 0 Å². The quantitative estimate of drug-likeness (QED) is 0.748. The minimum atomic E-state index is -0.511. The average molecular weight is 342 g/mol. The van der Waals surface area contributed by atoms with E-state index < -0.39 is 11.2 Å². The highest BCUT2D eigenvalue weighted by atomic mass is 32.1. The second-order valence-electron chi connectivity index (χ2n) is 7.60. The Labute approximate surface area is 143 Å². The van der Waals surface area contributed by atoms with Gasteiger partial charge in [-0.1, -0.05) is 0 Å². The molecule has 1 aromatic carbocycles. The minimum Gasteiger partial charge on any atom is -0.367 e. The van der Waals surface area contributed by atoms with Crippen LogP contribution in [-0.4, -0.2) is 28.0 Å². The van der Waals surface area contributed by atoms with Crippen LogP contribution in [0.15, 0.2) is 17.6 Å². The molecule has 1 aromatic heterocycles. The normalized spacial score (nSPS) is 37.7. The van der Waals surface area contributed by atoms with Crippen LogP contribution >= 0.6 is 11.3 Å². The Morgan fingerprint density at radius 1 is 1.17 bits per heavy atom. The van der Waals surface area contributed by atoms with Gasteiger partial charge in [-0.3, -0.25) is 9.59 Å². The fourth-order valence-corrected chi connectivity index (χ4v) is 5.80. The molecule has 0 spiro atoms. The van der Waals surface area contributed by atoms with Gasteiger partial charge in [0.05, 0.1) is 44.5 Å². The first kappa shape index (κ1) is 14.5. The maximum Gasteiger partial charge on any atom is 0.240 e. The number of benzene rings is 1. The largest absolute Gasteiger partial charge is 0.367 e. The summed E-state index contributed by atoms with van der Waals surface area (Å²) in [6, 6.07) is 3.74. The Hall–Kier alpha value is -1.79. The van der Waals surface area contributed by atoms with Crippen molar-refractivity contribution in [1.82, 2.24) is 4.98 Å². The number of hydrogen-bond donors (Lipinski definition) is 0. The van der Waals surface area contributed by atoms with Crippen LogP contribution < -0.4 is 4.90 Å². The number of imide groups is 1. The van der Waals surface area contributed by atoms with E-state index in [0.717, 1.165) is 28.6 Å². The molecule has 4 atom stereocenters. The van der Waals surface area contributed by atoms with Gasteiger partial charge in [0.2, 0.25) is 11.8 Å². The molecule has 3 fully saturated rings. The molecule has 124 valence electrons. The number of rotatable bonds is 1. The summed E-state index contributed by atoms with van der Waals surface area (Å²) in [5.41, 5.74) is 3.32. The lowest BCUT2D eigenvalue weighted by atomic mass is 9.69. The predicted octanol–water partition coefficient (Wildman–Crippen LogP) is 3.05. The maximum atomic E-state index is 13.2. The van der Waals surface area contributed by atoms with Crippen molar-refractivity contribution >= 4 is 39.1 Å². The average Bonchev–Trinajstić information content (AvgIpc) is 3.22. The van der Waals surface area contributed by atoms with Crippen LogP contribution in [0.5, 0.6) is 0 Å². The lowest BCUT2D eigenvalue weighted by molar-refractivity contribution is -0.129. The molecule has 5 nitrogen and oxygen atoms in total. The van der Waals surface area contributed by atoms with Crippen molar-refractivity contribution in [3.05, 3.63) is 23.2 Å². The number of anilines is 1. The van der Waals surface area contributed by atoms with Gasteiger partial charge in [-0.25, -0.2) is 9.88 Å². The number of ether oxygens (including phenoxy) is 1.